The Kier molecular flexibility index (Phi) is 5.19. The number of rotatable bonds is 5. The van der Waals surface area contributed by atoms with Gasteiger partial charge in [-0.2, -0.15) is 5.10 Å². The molecular weight excluding hydrogens is 422 g/mol. The molecule has 0 aliphatic heterocycles. The van der Waals surface area contributed by atoms with E-state index in [1.807, 2.05) is 0 Å². The molecule has 7 nitrogen and oxygen atoms in total. The van der Waals surface area contributed by atoms with Gasteiger partial charge in [0.1, 0.15) is 0 Å². The third kappa shape index (κ3) is 4.55. The second kappa shape index (κ2) is 7.38. The normalized spacial score (nSPS) is 11.3. The van der Waals surface area contributed by atoms with Gasteiger partial charge < -0.3 is 4.74 Å². The number of ether oxygens (including phenoxy) is 1. The lowest BCUT2D eigenvalue weighted by atomic mass is 10.2. The molecule has 0 radical (unpaired) electrons. The molecule has 0 fully saturated rings. The van der Waals surface area contributed by atoms with E-state index in [1.165, 1.54) is 6.20 Å². The summed E-state index contributed by atoms with van der Waals surface area (Å²) in [7, 11) is -3.22. The predicted molar refractivity (Wildman–Crippen MR) is 97.8 cm³/mol. The highest BCUT2D eigenvalue weighted by atomic mass is 79.9. The topological polar surface area (TPSA) is 91.2 Å². The highest BCUT2D eigenvalue weighted by Crippen LogP contribution is 2.17. The number of hydrogen-bond acceptors (Lipinski definition) is 6. The maximum Gasteiger partial charge on any atom is 0.364 e. The number of esters is 1. The molecule has 0 atom stereocenters. The minimum Gasteiger partial charge on any atom is -0.420 e. The van der Waals surface area contributed by atoms with Gasteiger partial charge in [-0.05, 0) is 45.8 Å². The Morgan fingerprint density at radius 3 is 2.58 bits per heavy atom. The molecule has 3 aromatic rings. The molecule has 134 valence electrons. The van der Waals surface area contributed by atoms with Crippen LogP contribution in [-0.2, 0) is 16.4 Å². The number of aromatic nitrogens is 3. The molecule has 0 aliphatic carbocycles. The van der Waals surface area contributed by atoms with Crippen molar-refractivity contribution < 1.29 is 17.9 Å². The lowest BCUT2D eigenvalue weighted by Gasteiger charge is -2.04. The number of halogens is 1. The van der Waals surface area contributed by atoms with E-state index in [4.69, 9.17) is 4.74 Å². The molecule has 0 spiro atoms. The van der Waals surface area contributed by atoms with Crippen molar-refractivity contribution in [3.63, 3.8) is 0 Å². The maximum atomic E-state index is 12.1. The van der Waals surface area contributed by atoms with Gasteiger partial charge in [-0.15, -0.1) is 0 Å². The van der Waals surface area contributed by atoms with Crippen molar-refractivity contribution in [3.05, 3.63) is 70.7 Å². The SMILES string of the molecule is CS(=O)(=O)c1ccc(Cn2ccc(C(=O)Oc3cncc(Br)c3)n2)cc1. The Bertz CT molecular complexity index is 1050. The summed E-state index contributed by atoms with van der Waals surface area (Å²) in [5.41, 5.74) is 1.02. The highest BCUT2D eigenvalue weighted by Gasteiger charge is 2.13. The molecule has 0 saturated carbocycles. The molecule has 0 amide bonds. The Morgan fingerprint density at radius 2 is 1.92 bits per heavy atom. The fraction of sp³-hybridized carbons (Fsp3) is 0.118. The minimum atomic E-state index is -3.22. The standard InChI is InChI=1S/C17H14BrN3O4S/c1-26(23,24)15-4-2-12(3-5-15)11-21-7-6-16(20-21)17(22)25-14-8-13(18)9-19-10-14/h2-10H,11H2,1H3. The van der Waals surface area contributed by atoms with Gasteiger partial charge in [-0.1, -0.05) is 12.1 Å². The first-order valence-corrected chi connectivity index (χ1v) is 10.1. The second-order valence-corrected chi connectivity index (χ2v) is 8.47. The molecule has 9 heteroatoms. The van der Waals surface area contributed by atoms with E-state index in [0.29, 0.717) is 16.8 Å². The van der Waals surface area contributed by atoms with E-state index in [-0.39, 0.29) is 10.6 Å². The average Bonchev–Trinajstić information content (AvgIpc) is 3.03. The molecule has 0 N–H and O–H groups in total. The molecule has 3 rings (SSSR count). The fourth-order valence-electron chi connectivity index (χ4n) is 2.20. The molecular formula is C17H14BrN3O4S. The number of hydrogen-bond donors (Lipinski definition) is 0. The van der Waals surface area contributed by atoms with Gasteiger partial charge >= 0.3 is 5.97 Å². The molecule has 26 heavy (non-hydrogen) atoms. The first kappa shape index (κ1) is 18.3. The van der Waals surface area contributed by atoms with Crippen LogP contribution in [0, 0.1) is 0 Å². The van der Waals surface area contributed by atoms with Crippen molar-refractivity contribution in [1.82, 2.24) is 14.8 Å². The van der Waals surface area contributed by atoms with E-state index in [1.54, 1.807) is 53.5 Å². The van der Waals surface area contributed by atoms with Crippen LogP contribution >= 0.6 is 15.9 Å². The lowest BCUT2D eigenvalue weighted by Crippen LogP contribution is -2.11. The van der Waals surface area contributed by atoms with Crippen LogP contribution < -0.4 is 4.74 Å². The second-order valence-electron chi connectivity index (χ2n) is 5.54. The lowest BCUT2D eigenvalue weighted by molar-refractivity contribution is 0.0727. The number of sulfone groups is 1. The molecule has 1 aromatic carbocycles. The zero-order valence-corrected chi connectivity index (χ0v) is 16.1. The first-order chi connectivity index (χ1) is 12.3. The number of nitrogens with zero attached hydrogens (tertiary/aromatic N) is 3. The fourth-order valence-corrected chi connectivity index (χ4v) is 3.17. The molecule has 0 unspecified atom stereocenters. The summed E-state index contributed by atoms with van der Waals surface area (Å²) in [6.45, 7) is 0.399. The van der Waals surface area contributed by atoms with Gasteiger partial charge in [0.2, 0.25) is 0 Å². The van der Waals surface area contributed by atoms with Gasteiger partial charge in [0.25, 0.3) is 0 Å². The van der Waals surface area contributed by atoms with Crippen LogP contribution in [0.4, 0.5) is 0 Å². The number of carbonyl (C=O) groups is 1. The Morgan fingerprint density at radius 1 is 1.19 bits per heavy atom. The maximum absolute atomic E-state index is 12.1. The van der Waals surface area contributed by atoms with Gasteiger partial charge in [0.05, 0.1) is 17.6 Å². The molecule has 0 saturated heterocycles. The van der Waals surface area contributed by atoms with Crippen LogP contribution in [0.2, 0.25) is 0 Å². The Hall–Kier alpha value is -2.52. The highest BCUT2D eigenvalue weighted by molar-refractivity contribution is 9.10. The largest absolute Gasteiger partial charge is 0.420 e. The average molecular weight is 436 g/mol. The zero-order valence-electron chi connectivity index (χ0n) is 13.7. The van der Waals surface area contributed by atoms with Crippen LogP contribution in [0.5, 0.6) is 5.75 Å². The third-order valence-electron chi connectivity index (χ3n) is 3.44. The third-order valence-corrected chi connectivity index (χ3v) is 5.00. The van der Waals surface area contributed by atoms with Crippen molar-refractivity contribution in [2.75, 3.05) is 6.26 Å². The van der Waals surface area contributed by atoms with Crippen molar-refractivity contribution in [1.29, 1.82) is 0 Å². The summed E-state index contributed by atoms with van der Waals surface area (Å²) >= 11 is 3.26. The van der Waals surface area contributed by atoms with Gasteiger partial charge in [0, 0.05) is 23.1 Å². The van der Waals surface area contributed by atoms with Crippen LogP contribution in [0.1, 0.15) is 16.1 Å². The zero-order chi connectivity index (χ0) is 18.7. The molecule has 2 aromatic heterocycles. The van der Waals surface area contributed by atoms with Gasteiger partial charge in [-0.25, -0.2) is 13.2 Å². The summed E-state index contributed by atoms with van der Waals surface area (Å²) in [5, 5.41) is 4.19. The van der Waals surface area contributed by atoms with Crippen molar-refractivity contribution in [3.8, 4) is 5.75 Å². The van der Waals surface area contributed by atoms with Gasteiger partial charge in [0.15, 0.2) is 21.3 Å². The first-order valence-electron chi connectivity index (χ1n) is 7.46. The Balaban J connectivity index is 1.68. The van der Waals surface area contributed by atoms with E-state index in [9.17, 15) is 13.2 Å². The van der Waals surface area contributed by atoms with E-state index in [0.717, 1.165) is 11.8 Å². The molecule has 0 aliphatic rings. The molecule has 2 heterocycles. The van der Waals surface area contributed by atoms with Crippen LogP contribution in [0.3, 0.4) is 0 Å². The molecule has 0 bridgehead atoms. The van der Waals surface area contributed by atoms with Crippen LogP contribution in [-0.4, -0.2) is 35.4 Å². The van der Waals surface area contributed by atoms with Crippen molar-refractivity contribution >= 4 is 31.7 Å². The minimum absolute atomic E-state index is 0.165. The summed E-state index contributed by atoms with van der Waals surface area (Å²) in [6.07, 6.45) is 5.83. The van der Waals surface area contributed by atoms with E-state index >= 15 is 0 Å². The number of pyridine rings is 1. The number of benzene rings is 1. The smallest absolute Gasteiger partial charge is 0.364 e. The van der Waals surface area contributed by atoms with E-state index in [2.05, 4.69) is 26.0 Å². The summed E-state index contributed by atoms with van der Waals surface area (Å²) in [5.74, 6) is -0.272. The van der Waals surface area contributed by atoms with Crippen LogP contribution in [0.25, 0.3) is 0 Å². The summed E-state index contributed by atoms with van der Waals surface area (Å²) in [4.78, 5) is 16.3. The summed E-state index contributed by atoms with van der Waals surface area (Å²) < 4.78 is 30.4. The summed E-state index contributed by atoms with van der Waals surface area (Å²) in [6, 6.07) is 9.70. The monoisotopic (exact) mass is 435 g/mol. The van der Waals surface area contributed by atoms with Crippen molar-refractivity contribution in [2.24, 2.45) is 0 Å². The van der Waals surface area contributed by atoms with Crippen LogP contribution in [0.15, 0.2) is 64.4 Å². The number of carbonyl (C=O) groups excluding carboxylic acids is 1. The quantitative estimate of drug-likeness (QED) is 0.572. The van der Waals surface area contributed by atoms with Gasteiger partial charge in [-0.3, -0.25) is 9.67 Å². The van der Waals surface area contributed by atoms with Crippen molar-refractivity contribution in [2.45, 2.75) is 11.4 Å². The predicted octanol–water partition coefficient (Wildman–Crippen LogP) is 2.71. The Labute approximate surface area is 158 Å². The van der Waals surface area contributed by atoms with E-state index < -0.39 is 15.8 Å².